The number of imidazole rings is 1. The number of nitrogens with one attached hydrogen (secondary N) is 1. The van der Waals surface area contributed by atoms with Gasteiger partial charge in [-0.25, -0.2) is 9.78 Å². The van der Waals surface area contributed by atoms with E-state index >= 15 is 0 Å². The van der Waals surface area contributed by atoms with Gasteiger partial charge < -0.3 is 29.0 Å². The van der Waals surface area contributed by atoms with Gasteiger partial charge in [-0.15, -0.1) is 10.2 Å². The van der Waals surface area contributed by atoms with Crippen LogP contribution in [0.5, 0.6) is 5.75 Å². The molecular formula is C50H57ClN8O5. The molecule has 2 aliphatic heterocycles. The molecule has 5 aromatic rings. The van der Waals surface area contributed by atoms with E-state index in [2.05, 4.69) is 80.4 Å². The molecule has 2 amide bonds. The highest BCUT2D eigenvalue weighted by Crippen LogP contribution is 2.41. The first kappa shape index (κ1) is 43.5. The summed E-state index contributed by atoms with van der Waals surface area (Å²) < 4.78 is 20.6. The summed E-state index contributed by atoms with van der Waals surface area (Å²) in [6.45, 7) is 4.55. The second-order valence-electron chi connectivity index (χ2n) is 18.0. The molecule has 2 aliphatic carbocycles. The summed E-state index contributed by atoms with van der Waals surface area (Å²) in [6.07, 6.45) is 11.7. The van der Waals surface area contributed by atoms with Crippen LogP contribution >= 0.6 is 11.6 Å². The Kier molecular flexibility index (Phi) is 13.3. The highest BCUT2D eigenvalue weighted by molar-refractivity contribution is 6.31. The zero-order chi connectivity index (χ0) is 44.2. The van der Waals surface area contributed by atoms with E-state index in [4.69, 9.17) is 36.1 Å². The first-order chi connectivity index (χ1) is 31.2. The van der Waals surface area contributed by atoms with Gasteiger partial charge in [-0.1, -0.05) is 41.9 Å². The number of rotatable bonds is 11. The molecule has 1 N–H and O–H groups in total. The fourth-order valence-corrected chi connectivity index (χ4v) is 10.5. The van der Waals surface area contributed by atoms with Gasteiger partial charge in [-0.3, -0.25) is 9.69 Å². The number of amides is 2. The second-order valence-corrected chi connectivity index (χ2v) is 18.4. The monoisotopic (exact) mass is 884 g/mol. The van der Waals surface area contributed by atoms with E-state index in [0.717, 1.165) is 137 Å². The van der Waals surface area contributed by atoms with Gasteiger partial charge in [0.25, 0.3) is 5.91 Å². The third-order valence-corrected chi connectivity index (χ3v) is 14.1. The van der Waals surface area contributed by atoms with Crippen molar-refractivity contribution in [2.24, 2.45) is 5.92 Å². The molecule has 64 heavy (non-hydrogen) atoms. The van der Waals surface area contributed by atoms with Crippen molar-refractivity contribution < 1.29 is 23.8 Å². The van der Waals surface area contributed by atoms with E-state index in [1.807, 2.05) is 6.07 Å². The van der Waals surface area contributed by atoms with E-state index in [0.29, 0.717) is 27.9 Å². The Hall–Kier alpha value is -5.71. The van der Waals surface area contributed by atoms with Crippen molar-refractivity contribution in [3.05, 3.63) is 106 Å². The Bertz CT molecular complexity index is 2480. The van der Waals surface area contributed by atoms with E-state index in [1.54, 1.807) is 29.2 Å². The molecule has 13 nitrogen and oxygen atoms in total. The van der Waals surface area contributed by atoms with Gasteiger partial charge in [0, 0.05) is 55.9 Å². The van der Waals surface area contributed by atoms with Crippen molar-refractivity contribution in [3.63, 3.8) is 0 Å². The van der Waals surface area contributed by atoms with Crippen molar-refractivity contribution in [2.45, 2.75) is 121 Å². The van der Waals surface area contributed by atoms with Crippen LogP contribution in [0.4, 0.5) is 16.3 Å². The van der Waals surface area contributed by atoms with Crippen LogP contribution in [0, 0.1) is 17.2 Å². The summed E-state index contributed by atoms with van der Waals surface area (Å²) >= 11 is 6.17. The van der Waals surface area contributed by atoms with Gasteiger partial charge >= 0.3 is 6.09 Å². The number of halogens is 1. The van der Waals surface area contributed by atoms with Crippen molar-refractivity contribution in [1.29, 1.82) is 5.26 Å². The molecule has 9 rings (SSSR count). The number of piperidine rings is 1. The highest BCUT2D eigenvalue weighted by Gasteiger charge is 2.34. The Morgan fingerprint density at radius 2 is 1.72 bits per heavy atom. The number of benzene rings is 3. The Balaban J connectivity index is 0.770. The molecule has 4 heterocycles. The molecule has 0 unspecified atom stereocenters. The van der Waals surface area contributed by atoms with Gasteiger partial charge in [0.2, 0.25) is 0 Å². The molecule has 0 radical (unpaired) electrons. The SMILES string of the molecule is COC(=O)N1c2ccc3c(nc(Cc4ccccc4)n3[C@@H]3CCC[C@H](OCC4CCN(c5ccc(C(=O)NC6CCC(Oc7ccc(C#N)c(Cl)c7)CC6)nn5)CC4)C3)c2CC[C@@H]1C. The van der Waals surface area contributed by atoms with Crippen LogP contribution < -0.4 is 19.9 Å². The number of carbonyl (C=O) groups excluding carboxylic acids is 2. The summed E-state index contributed by atoms with van der Waals surface area (Å²) in [6, 6.07) is 26.1. The van der Waals surface area contributed by atoms with Gasteiger partial charge in [-0.05, 0) is 132 Å². The maximum absolute atomic E-state index is 13.1. The molecule has 0 spiro atoms. The lowest BCUT2D eigenvalue weighted by molar-refractivity contribution is -0.00707. The van der Waals surface area contributed by atoms with E-state index < -0.39 is 0 Å². The summed E-state index contributed by atoms with van der Waals surface area (Å²) in [5.41, 5.74) is 6.13. The van der Waals surface area contributed by atoms with E-state index in [1.165, 1.54) is 12.7 Å². The average molecular weight is 886 g/mol. The predicted molar refractivity (Wildman–Crippen MR) is 246 cm³/mol. The molecule has 2 aromatic heterocycles. The maximum atomic E-state index is 13.1. The molecule has 1 saturated heterocycles. The van der Waals surface area contributed by atoms with Crippen LogP contribution in [0.2, 0.25) is 5.02 Å². The van der Waals surface area contributed by atoms with Crippen molar-refractivity contribution >= 4 is 46.1 Å². The van der Waals surface area contributed by atoms with Gasteiger partial charge in [0.15, 0.2) is 11.5 Å². The predicted octanol–water partition coefficient (Wildman–Crippen LogP) is 9.39. The fourth-order valence-electron chi connectivity index (χ4n) is 10.3. The third-order valence-electron chi connectivity index (χ3n) is 13.8. The number of aromatic nitrogens is 4. The van der Waals surface area contributed by atoms with Crippen molar-refractivity contribution in [3.8, 4) is 11.8 Å². The quantitative estimate of drug-likeness (QED) is 0.136. The number of aryl methyl sites for hydroxylation is 1. The zero-order valence-corrected chi connectivity index (χ0v) is 37.5. The summed E-state index contributed by atoms with van der Waals surface area (Å²) in [4.78, 5) is 35.4. The topological polar surface area (TPSA) is 148 Å². The first-order valence-corrected chi connectivity index (χ1v) is 23.4. The molecule has 2 saturated carbocycles. The lowest BCUT2D eigenvalue weighted by atomic mass is 9.91. The van der Waals surface area contributed by atoms with Crippen molar-refractivity contribution in [2.75, 3.05) is 36.6 Å². The Morgan fingerprint density at radius 1 is 0.906 bits per heavy atom. The summed E-state index contributed by atoms with van der Waals surface area (Å²) in [5, 5.41) is 21.4. The molecular weight excluding hydrogens is 828 g/mol. The molecule has 3 fully saturated rings. The standard InChI is InChI=1S/C50H57ClN8O5/c1-32-11-18-41-44(58(32)50(61)62-2)20-21-45-48(41)54-47(27-33-7-4-3-5-8-33)59(45)37-9-6-10-39(28-37)63-31-34-23-25-57(26-24-34)46-22-19-43(55-56-46)49(60)53-36-13-16-38(17-14-36)64-40-15-12-35(30-52)42(51)29-40/h3-5,7-8,12,15,19-22,29,32,34,36-39H,6,9-11,13-14,16-18,23-28,31H2,1-2H3,(H,53,60)/t32-,36?,37+,38?,39-/m0/s1. The van der Waals surface area contributed by atoms with Crippen LogP contribution in [0.1, 0.15) is 117 Å². The molecule has 3 atom stereocenters. The molecule has 14 heteroatoms. The molecule has 0 bridgehead atoms. The number of nitriles is 1. The maximum Gasteiger partial charge on any atom is 0.414 e. The van der Waals surface area contributed by atoms with Crippen LogP contribution in [-0.4, -0.2) is 82.8 Å². The molecule has 3 aromatic carbocycles. The number of fused-ring (bicyclic) bond motifs is 3. The number of anilines is 2. The number of ether oxygens (including phenoxy) is 3. The number of carbonyl (C=O) groups is 2. The zero-order valence-electron chi connectivity index (χ0n) is 36.8. The van der Waals surface area contributed by atoms with Gasteiger partial charge in [0.05, 0.1) is 46.6 Å². The lowest BCUT2D eigenvalue weighted by Gasteiger charge is -2.35. The highest BCUT2D eigenvalue weighted by atomic mass is 35.5. The Labute approximate surface area is 380 Å². The number of methoxy groups -OCH3 is 1. The number of hydrogen-bond donors (Lipinski definition) is 1. The van der Waals surface area contributed by atoms with E-state index in [-0.39, 0.29) is 42.3 Å². The lowest BCUT2D eigenvalue weighted by Crippen LogP contribution is -2.42. The van der Waals surface area contributed by atoms with Crippen LogP contribution in [0.15, 0.2) is 72.8 Å². The number of hydrogen-bond acceptors (Lipinski definition) is 10. The fraction of sp³-hybridized carbons (Fsp3) is 0.480. The first-order valence-electron chi connectivity index (χ1n) is 23.1. The average Bonchev–Trinajstić information content (AvgIpc) is 3.70. The second kappa shape index (κ2) is 19.6. The van der Waals surface area contributed by atoms with Crippen LogP contribution in [0.25, 0.3) is 11.0 Å². The Morgan fingerprint density at radius 3 is 2.45 bits per heavy atom. The van der Waals surface area contributed by atoms with Gasteiger partial charge in [-0.2, -0.15) is 5.26 Å². The minimum Gasteiger partial charge on any atom is -0.490 e. The van der Waals surface area contributed by atoms with Crippen molar-refractivity contribution in [1.82, 2.24) is 25.1 Å². The van der Waals surface area contributed by atoms with Crippen LogP contribution in [0.3, 0.4) is 0 Å². The van der Waals surface area contributed by atoms with Crippen LogP contribution in [-0.2, 0) is 22.3 Å². The molecule has 334 valence electrons. The molecule has 4 aliphatic rings. The third kappa shape index (κ3) is 9.54. The summed E-state index contributed by atoms with van der Waals surface area (Å²) in [7, 11) is 1.45. The van der Waals surface area contributed by atoms with Gasteiger partial charge in [0.1, 0.15) is 17.6 Å². The largest absolute Gasteiger partial charge is 0.490 e. The van der Waals surface area contributed by atoms with E-state index in [9.17, 15) is 9.59 Å². The minimum atomic E-state index is -0.328. The number of nitrogens with zero attached hydrogens (tertiary/aromatic N) is 7. The minimum absolute atomic E-state index is 0.0277. The smallest absolute Gasteiger partial charge is 0.414 e. The summed E-state index contributed by atoms with van der Waals surface area (Å²) in [5.74, 6) is 2.76. The normalized spacial score (nSPS) is 22.7.